The van der Waals surface area contributed by atoms with E-state index < -0.39 is 6.04 Å². The second kappa shape index (κ2) is 5.42. The van der Waals surface area contributed by atoms with Crippen LogP contribution in [0, 0.1) is 0 Å². The smallest absolute Gasteiger partial charge is 0.329 e. The SMILES string of the molecule is CCOC(=O)C1NC(=O)CC1c1cn(C)nc1CC. The number of carbonyl (C=O) groups excluding carboxylic acids is 2. The Morgan fingerprint density at radius 3 is 2.95 bits per heavy atom. The molecule has 1 aromatic rings. The van der Waals surface area contributed by atoms with Crippen LogP contribution in [0.1, 0.15) is 37.4 Å². The number of aryl methyl sites for hydroxylation is 2. The van der Waals surface area contributed by atoms with Crippen molar-refractivity contribution in [2.24, 2.45) is 7.05 Å². The highest BCUT2D eigenvalue weighted by atomic mass is 16.5. The molecule has 1 saturated heterocycles. The molecule has 1 aliphatic heterocycles. The molecule has 1 aromatic heterocycles. The third-order valence-corrected chi connectivity index (χ3v) is 3.34. The minimum atomic E-state index is -0.595. The maximum Gasteiger partial charge on any atom is 0.329 e. The van der Waals surface area contributed by atoms with Crippen molar-refractivity contribution in [3.05, 3.63) is 17.5 Å². The quantitative estimate of drug-likeness (QED) is 0.805. The van der Waals surface area contributed by atoms with Crippen molar-refractivity contribution in [2.75, 3.05) is 6.61 Å². The van der Waals surface area contributed by atoms with Crippen molar-refractivity contribution in [3.63, 3.8) is 0 Å². The average Bonchev–Trinajstić information content (AvgIpc) is 2.92. The van der Waals surface area contributed by atoms with Gasteiger partial charge in [0.15, 0.2) is 0 Å². The number of nitrogens with zero attached hydrogens (tertiary/aromatic N) is 2. The minimum absolute atomic E-state index is 0.117. The highest BCUT2D eigenvalue weighted by Crippen LogP contribution is 2.31. The molecule has 2 rings (SSSR count). The topological polar surface area (TPSA) is 73.2 Å². The second-order valence-electron chi connectivity index (χ2n) is 4.67. The third-order valence-electron chi connectivity index (χ3n) is 3.34. The fourth-order valence-corrected chi connectivity index (χ4v) is 2.53. The van der Waals surface area contributed by atoms with Gasteiger partial charge in [0, 0.05) is 25.6 Å². The molecular weight excluding hydrogens is 246 g/mol. The maximum atomic E-state index is 11.9. The first kappa shape index (κ1) is 13.6. The fourth-order valence-electron chi connectivity index (χ4n) is 2.53. The molecule has 6 heteroatoms. The van der Waals surface area contributed by atoms with Gasteiger partial charge in [0.05, 0.1) is 12.3 Å². The lowest BCUT2D eigenvalue weighted by Gasteiger charge is -2.17. The van der Waals surface area contributed by atoms with Crippen LogP contribution in [0.5, 0.6) is 0 Å². The number of ether oxygens (including phenoxy) is 1. The molecule has 0 radical (unpaired) electrons. The summed E-state index contributed by atoms with van der Waals surface area (Å²) in [5.41, 5.74) is 1.89. The zero-order valence-corrected chi connectivity index (χ0v) is 11.5. The van der Waals surface area contributed by atoms with Crippen molar-refractivity contribution in [2.45, 2.75) is 38.6 Å². The molecule has 0 aliphatic carbocycles. The van der Waals surface area contributed by atoms with Crippen molar-refractivity contribution < 1.29 is 14.3 Å². The number of hydrogen-bond donors (Lipinski definition) is 1. The summed E-state index contributed by atoms with van der Waals surface area (Å²) < 4.78 is 6.75. The summed E-state index contributed by atoms with van der Waals surface area (Å²) in [5, 5.41) is 7.06. The molecule has 1 N–H and O–H groups in total. The van der Waals surface area contributed by atoms with Gasteiger partial charge in [-0.1, -0.05) is 6.92 Å². The van der Waals surface area contributed by atoms with Gasteiger partial charge >= 0.3 is 5.97 Å². The molecule has 19 heavy (non-hydrogen) atoms. The van der Waals surface area contributed by atoms with Gasteiger partial charge in [0.1, 0.15) is 6.04 Å². The number of nitrogens with one attached hydrogen (secondary N) is 1. The van der Waals surface area contributed by atoms with E-state index in [1.807, 2.05) is 20.2 Å². The number of aromatic nitrogens is 2. The van der Waals surface area contributed by atoms with Gasteiger partial charge in [-0.25, -0.2) is 4.79 Å². The molecule has 2 unspecified atom stereocenters. The molecule has 1 aliphatic rings. The van der Waals surface area contributed by atoms with E-state index in [1.54, 1.807) is 11.6 Å². The first-order chi connectivity index (χ1) is 9.06. The molecule has 0 spiro atoms. The Morgan fingerprint density at radius 2 is 2.32 bits per heavy atom. The summed E-state index contributed by atoms with van der Waals surface area (Å²) in [7, 11) is 1.84. The molecule has 1 fully saturated rings. The van der Waals surface area contributed by atoms with Crippen LogP contribution in [0.2, 0.25) is 0 Å². The summed E-state index contributed by atoms with van der Waals surface area (Å²) in [5.74, 6) is -0.673. The van der Waals surface area contributed by atoms with Crippen molar-refractivity contribution in [1.82, 2.24) is 15.1 Å². The normalized spacial score (nSPS) is 22.4. The molecule has 0 bridgehead atoms. The zero-order chi connectivity index (χ0) is 14.0. The predicted octanol–water partition coefficient (Wildman–Crippen LogP) is 0.518. The molecule has 0 aromatic carbocycles. The Labute approximate surface area is 112 Å². The zero-order valence-electron chi connectivity index (χ0n) is 11.5. The average molecular weight is 265 g/mol. The minimum Gasteiger partial charge on any atom is -0.464 e. The summed E-state index contributed by atoms with van der Waals surface area (Å²) in [6, 6.07) is -0.595. The molecule has 6 nitrogen and oxygen atoms in total. The Balaban J connectivity index is 2.30. The highest BCUT2D eigenvalue weighted by Gasteiger charge is 2.40. The van der Waals surface area contributed by atoms with Gasteiger partial charge in [-0.15, -0.1) is 0 Å². The van der Waals surface area contributed by atoms with E-state index >= 15 is 0 Å². The molecule has 2 heterocycles. The van der Waals surface area contributed by atoms with Crippen molar-refractivity contribution in [3.8, 4) is 0 Å². The Bertz CT molecular complexity index is 495. The van der Waals surface area contributed by atoms with Crippen molar-refractivity contribution >= 4 is 11.9 Å². The standard InChI is InChI=1S/C13H19N3O3/c1-4-10-9(7-16(3)15-10)8-6-11(17)14-12(8)13(18)19-5-2/h7-8,12H,4-6H2,1-3H3,(H,14,17). The van der Waals surface area contributed by atoms with Gasteiger partial charge in [-0.05, 0) is 18.9 Å². The lowest BCUT2D eigenvalue weighted by molar-refractivity contribution is -0.146. The summed E-state index contributed by atoms with van der Waals surface area (Å²) >= 11 is 0. The number of carbonyl (C=O) groups is 2. The van der Waals surface area contributed by atoms with E-state index in [2.05, 4.69) is 10.4 Å². The van der Waals surface area contributed by atoms with Gasteiger partial charge < -0.3 is 10.1 Å². The molecule has 1 amide bonds. The number of amides is 1. The Kier molecular flexibility index (Phi) is 3.87. The summed E-state index contributed by atoms with van der Waals surface area (Å²) in [4.78, 5) is 23.5. The fraction of sp³-hybridized carbons (Fsp3) is 0.615. The molecule has 104 valence electrons. The lowest BCUT2D eigenvalue weighted by Crippen LogP contribution is -2.37. The Hall–Kier alpha value is -1.85. The first-order valence-electron chi connectivity index (χ1n) is 6.55. The van der Waals surface area contributed by atoms with E-state index in [9.17, 15) is 9.59 Å². The predicted molar refractivity (Wildman–Crippen MR) is 68.5 cm³/mol. The highest BCUT2D eigenvalue weighted by molar-refractivity contribution is 5.90. The molecular formula is C13H19N3O3. The van der Waals surface area contributed by atoms with Gasteiger partial charge in [0.25, 0.3) is 0 Å². The third kappa shape index (κ3) is 2.62. The molecule has 2 atom stereocenters. The molecule has 0 saturated carbocycles. The monoisotopic (exact) mass is 265 g/mol. The van der Waals surface area contributed by atoms with Crippen LogP contribution < -0.4 is 5.32 Å². The van der Waals surface area contributed by atoms with E-state index in [1.165, 1.54) is 0 Å². The second-order valence-corrected chi connectivity index (χ2v) is 4.67. The lowest BCUT2D eigenvalue weighted by atomic mass is 9.91. The van der Waals surface area contributed by atoms with Crippen LogP contribution in [0.15, 0.2) is 6.20 Å². The number of esters is 1. The van der Waals surface area contributed by atoms with Crippen molar-refractivity contribution in [1.29, 1.82) is 0 Å². The van der Waals surface area contributed by atoms with Gasteiger partial charge in [-0.3, -0.25) is 9.48 Å². The number of hydrogen-bond acceptors (Lipinski definition) is 4. The van der Waals surface area contributed by atoms with Crippen LogP contribution >= 0.6 is 0 Å². The van der Waals surface area contributed by atoms with Crippen LogP contribution in [0.25, 0.3) is 0 Å². The van der Waals surface area contributed by atoms with Crippen LogP contribution in [-0.2, 0) is 27.8 Å². The Morgan fingerprint density at radius 1 is 1.58 bits per heavy atom. The number of rotatable bonds is 4. The van der Waals surface area contributed by atoms with Crippen LogP contribution in [0.3, 0.4) is 0 Å². The van der Waals surface area contributed by atoms with Crippen LogP contribution in [-0.4, -0.2) is 34.3 Å². The van der Waals surface area contributed by atoms with Gasteiger partial charge in [-0.2, -0.15) is 5.10 Å². The van der Waals surface area contributed by atoms with Crippen LogP contribution in [0.4, 0.5) is 0 Å². The summed E-state index contributed by atoms with van der Waals surface area (Å²) in [6.45, 7) is 4.08. The maximum absolute atomic E-state index is 11.9. The van der Waals surface area contributed by atoms with E-state index in [0.717, 1.165) is 17.7 Å². The van der Waals surface area contributed by atoms with E-state index in [-0.39, 0.29) is 17.8 Å². The van der Waals surface area contributed by atoms with Gasteiger partial charge in [0.2, 0.25) is 5.91 Å². The summed E-state index contributed by atoms with van der Waals surface area (Å²) in [6.07, 6.45) is 2.97. The van der Waals surface area contributed by atoms with E-state index in [4.69, 9.17) is 4.74 Å². The first-order valence-corrected chi connectivity index (χ1v) is 6.55. The van der Waals surface area contributed by atoms with E-state index in [0.29, 0.717) is 13.0 Å². The largest absolute Gasteiger partial charge is 0.464 e.